The molecule has 2 aromatic carbocycles. The minimum absolute atomic E-state index is 0.0995. The zero-order valence-electron chi connectivity index (χ0n) is 18.3. The van der Waals surface area contributed by atoms with Crippen molar-refractivity contribution >= 4 is 22.9 Å². The van der Waals surface area contributed by atoms with Gasteiger partial charge in [0, 0.05) is 23.2 Å². The average molecular weight is 458 g/mol. The van der Waals surface area contributed by atoms with Gasteiger partial charge in [-0.2, -0.15) is 0 Å². The van der Waals surface area contributed by atoms with Crippen LogP contribution in [0.4, 0.5) is 15.9 Å². The highest BCUT2D eigenvalue weighted by Gasteiger charge is 2.26. The maximum atomic E-state index is 13.5. The Labute approximate surface area is 195 Å². The van der Waals surface area contributed by atoms with Crippen molar-refractivity contribution in [3.8, 4) is 28.1 Å². The molecule has 0 radical (unpaired) electrons. The van der Waals surface area contributed by atoms with Crippen LogP contribution in [-0.4, -0.2) is 38.0 Å². The van der Waals surface area contributed by atoms with Crippen LogP contribution >= 0.6 is 0 Å². The monoisotopic (exact) mass is 458 g/mol. The van der Waals surface area contributed by atoms with E-state index < -0.39 is 6.17 Å². The van der Waals surface area contributed by atoms with Crippen molar-refractivity contribution in [1.82, 2.24) is 19.8 Å². The van der Waals surface area contributed by atoms with Gasteiger partial charge in [0.15, 0.2) is 5.82 Å². The van der Waals surface area contributed by atoms with Gasteiger partial charge in [-0.15, -0.1) is 14.8 Å². The lowest BCUT2D eigenvalue weighted by molar-refractivity contribution is -0.111. The molecule has 2 heterocycles. The fourth-order valence-corrected chi connectivity index (χ4v) is 4.19. The topological polar surface area (TPSA) is 107 Å². The molecule has 0 spiro atoms. The molecule has 0 bridgehead atoms. The standard InChI is InChI=1S/C25H23FN6O2/c1-2-21(33)30-18-8-3-16(4-9-18)23-22(24-25(27)28-14-29-32(24)31-23)15-5-10-19(11-6-15)34-20-12-7-17(26)13-20/h2-6,8-11,14,17,20H,1,7,12-13H2,(H,30,33)(H2,27,28,29). The molecule has 0 saturated heterocycles. The lowest BCUT2D eigenvalue weighted by Gasteiger charge is -2.13. The number of rotatable bonds is 6. The first-order valence-corrected chi connectivity index (χ1v) is 11.0. The maximum absolute atomic E-state index is 13.5. The van der Waals surface area contributed by atoms with Crippen LogP contribution in [0.15, 0.2) is 67.5 Å². The molecule has 172 valence electrons. The zero-order chi connectivity index (χ0) is 23.7. The van der Waals surface area contributed by atoms with Crippen LogP contribution in [0.2, 0.25) is 0 Å². The molecule has 1 saturated carbocycles. The summed E-state index contributed by atoms with van der Waals surface area (Å²) in [5.41, 5.74) is 10.5. The second-order valence-electron chi connectivity index (χ2n) is 8.15. The van der Waals surface area contributed by atoms with E-state index in [4.69, 9.17) is 10.5 Å². The van der Waals surface area contributed by atoms with E-state index in [-0.39, 0.29) is 12.0 Å². The Kier molecular flexibility index (Phi) is 5.67. The molecule has 3 N–H and O–H groups in total. The smallest absolute Gasteiger partial charge is 0.247 e. The van der Waals surface area contributed by atoms with E-state index in [1.165, 1.54) is 17.0 Å². The van der Waals surface area contributed by atoms with Crippen LogP contribution in [0.1, 0.15) is 19.3 Å². The number of carbonyl (C=O) groups excluding carboxylic acids is 1. The van der Waals surface area contributed by atoms with Crippen LogP contribution in [0, 0.1) is 0 Å². The first-order valence-electron chi connectivity index (χ1n) is 11.0. The minimum Gasteiger partial charge on any atom is -0.490 e. The number of carbonyl (C=O) groups is 1. The summed E-state index contributed by atoms with van der Waals surface area (Å²) >= 11 is 0. The van der Waals surface area contributed by atoms with Crippen molar-refractivity contribution in [2.24, 2.45) is 0 Å². The zero-order valence-corrected chi connectivity index (χ0v) is 18.3. The van der Waals surface area contributed by atoms with Gasteiger partial charge in [0.1, 0.15) is 35.6 Å². The Hall–Kier alpha value is -4.27. The Bertz CT molecular complexity index is 1350. The van der Waals surface area contributed by atoms with Gasteiger partial charge in [-0.05, 0) is 48.7 Å². The number of nitrogens with zero attached hydrogens (tertiary/aromatic N) is 4. The summed E-state index contributed by atoms with van der Waals surface area (Å²) in [6, 6.07) is 14.9. The van der Waals surface area contributed by atoms with Gasteiger partial charge < -0.3 is 15.8 Å². The van der Waals surface area contributed by atoms with Crippen LogP contribution in [-0.2, 0) is 4.79 Å². The summed E-state index contributed by atoms with van der Waals surface area (Å²) in [5, 5.41) is 11.6. The number of ether oxygens (including phenoxy) is 1. The molecule has 1 amide bonds. The number of anilines is 2. The van der Waals surface area contributed by atoms with Gasteiger partial charge >= 0.3 is 0 Å². The van der Waals surface area contributed by atoms with E-state index in [0.717, 1.165) is 23.1 Å². The van der Waals surface area contributed by atoms with Crippen molar-refractivity contribution < 1.29 is 13.9 Å². The SMILES string of the molecule is C=CC(=O)Nc1ccc(-c2nn3ncnc(N)c3c2-c2ccc(OC3CCC(F)C3)cc2)cc1. The molecule has 1 fully saturated rings. The lowest BCUT2D eigenvalue weighted by Crippen LogP contribution is -2.12. The van der Waals surface area contributed by atoms with Crippen LogP contribution in [0.5, 0.6) is 5.75 Å². The predicted octanol–water partition coefficient (Wildman–Crippen LogP) is 4.43. The number of amides is 1. The van der Waals surface area contributed by atoms with E-state index in [0.29, 0.717) is 41.3 Å². The quantitative estimate of drug-likeness (QED) is 0.414. The van der Waals surface area contributed by atoms with E-state index in [1.54, 1.807) is 12.1 Å². The van der Waals surface area contributed by atoms with Gasteiger partial charge in [0.05, 0.1) is 0 Å². The number of hydrogen-bond donors (Lipinski definition) is 2. The average Bonchev–Trinajstić information content (AvgIpc) is 3.44. The molecule has 2 atom stereocenters. The van der Waals surface area contributed by atoms with Gasteiger partial charge in [-0.1, -0.05) is 30.8 Å². The molecule has 1 aliphatic carbocycles. The number of alkyl halides is 1. The van der Waals surface area contributed by atoms with Crippen molar-refractivity contribution in [3.05, 3.63) is 67.5 Å². The Morgan fingerprint density at radius 2 is 1.88 bits per heavy atom. The Morgan fingerprint density at radius 1 is 1.15 bits per heavy atom. The summed E-state index contributed by atoms with van der Waals surface area (Å²) in [4.78, 5) is 15.7. The van der Waals surface area contributed by atoms with Crippen LogP contribution < -0.4 is 15.8 Å². The van der Waals surface area contributed by atoms with Gasteiger partial charge in [-0.3, -0.25) is 4.79 Å². The first-order chi connectivity index (χ1) is 16.5. The number of hydrogen-bond acceptors (Lipinski definition) is 6. The molecule has 5 rings (SSSR count). The number of benzene rings is 2. The molecule has 34 heavy (non-hydrogen) atoms. The number of nitrogens with two attached hydrogens (primary N) is 1. The molecular formula is C25H23FN6O2. The van der Waals surface area contributed by atoms with Crippen molar-refractivity contribution in [2.45, 2.75) is 31.5 Å². The summed E-state index contributed by atoms with van der Waals surface area (Å²) in [5.74, 6) is 0.706. The summed E-state index contributed by atoms with van der Waals surface area (Å²) in [6.07, 6.45) is 3.38. The summed E-state index contributed by atoms with van der Waals surface area (Å²) < 4.78 is 20.9. The Morgan fingerprint density at radius 3 is 2.56 bits per heavy atom. The van der Waals surface area contributed by atoms with Crippen molar-refractivity contribution in [2.75, 3.05) is 11.1 Å². The van der Waals surface area contributed by atoms with Crippen LogP contribution in [0.25, 0.3) is 27.9 Å². The highest BCUT2D eigenvalue weighted by molar-refractivity contribution is 5.99. The normalized spacial score (nSPS) is 17.6. The lowest BCUT2D eigenvalue weighted by atomic mass is 9.99. The molecule has 2 aromatic heterocycles. The second-order valence-corrected chi connectivity index (χ2v) is 8.15. The largest absolute Gasteiger partial charge is 0.490 e. The van der Waals surface area contributed by atoms with E-state index >= 15 is 0 Å². The summed E-state index contributed by atoms with van der Waals surface area (Å²) in [7, 11) is 0. The van der Waals surface area contributed by atoms with Crippen molar-refractivity contribution in [1.29, 1.82) is 0 Å². The number of nitrogens with one attached hydrogen (secondary N) is 1. The molecule has 9 heteroatoms. The van der Waals surface area contributed by atoms with Gasteiger partial charge in [0.25, 0.3) is 0 Å². The second kappa shape index (κ2) is 8.93. The molecule has 8 nitrogen and oxygen atoms in total. The van der Waals surface area contributed by atoms with E-state index in [9.17, 15) is 9.18 Å². The van der Waals surface area contributed by atoms with Crippen LogP contribution in [0.3, 0.4) is 0 Å². The molecule has 0 aliphatic heterocycles. The number of aromatic nitrogens is 4. The molecular weight excluding hydrogens is 435 g/mol. The third kappa shape index (κ3) is 4.19. The summed E-state index contributed by atoms with van der Waals surface area (Å²) in [6.45, 7) is 3.46. The van der Waals surface area contributed by atoms with E-state index in [2.05, 4.69) is 27.1 Å². The van der Waals surface area contributed by atoms with Crippen molar-refractivity contribution in [3.63, 3.8) is 0 Å². The third-order valence-electron chi connectivity index (χ3n) is 5.85. The van der Waals surface area contributed by atoms with E-state index in [1.807, 2.05) is 36.4 Å². The van der Waals surface area contributed by atoms with Gasteiger partial charge in [0.2, 0.25) is 5.91 Å². The van der Waals surface area contributed by atoms with Gasteiger partial charge in [-0.25, -0.2) is 9.37 Å². The number of halogens is 1. The highest BCUT2D eigenvalue weighted by Crippen LogP contribution is 2.38. The number of nitrogen functional groups attached to an aromatic ring is 1. The third-order valence-corrected chi connectivity index (χ3v) is 5.85. The number of fused-ring (bicyclic) bond motifs is 1. The highest BCUT2D eigenvalue weighted by atomic mass is 19.1. The molecule has 4 aromatic rings. The first kappa shape index (κ1) is 21.6. The fourth-order valence-electron chi connectivity index (χ4n) is 4.19. The Balaban J connectivity index is 1.52. The predicted molar refractivity (Wildman–Crippen MR) is 128 cm³/mol. The maximum Gasteiger partial charge on any atom is 0.247 e. The minimum atomic E-state index is -0.787. The molecule has 2 unspecified atom stereocenters. The fraction of sp³-hybridized carbons (Fsp3) is 0.200. The molecule has 1 aliphatic rings.